The van der Waals surface area contributed by atoms with E-state index < -0.39 is 0 Å². The number of hydrogen-bond acceptors (Lipinski definition) is 1. The molecule has 1 saturated heterocycles. The number of rotatable bonds is 2. The van der Waals surface area contributed by atoms with Gasteiger partial charge in [-0.2, -0.15) is 0 Å². The molecule has 0 aromatic heterocycles. The molecule has 2 atom stereocenters. The molecule has 1 aliphatic heterocycles. The van der Waals surface area contributed by atoms with Gasteiger partial charge in [0.15, 0.2) is 0 Å². The summed E-state index contributed by atoms with van der Waals surface area (Å²) in [5.41, 5.74) is 2.65. The third kappa shape index (κ3) is 1.75. The van der Waals surface area contributed by atoms with Crippen molar-refractivity contribution in [3.63, 3.8) is 0 Å². The molecule has 1 unspecified atom stereocenters. The van der Waals surface area contributed by atoms with Crippen molar-refractivity contribution < 1.29 is 4.74 Å². The maximum atomic E-state index is 5.72. The van der Waals surface area contributed by atoms with Gasteiger partial charge in [0.2, 0.25) is 0 Å². The Bertz CT molecular complexity index is 403. The predicted molar refractivity (Wildman–Crippen MR) is 60.5 cm³/mol. The lowest BCUT2D eigenvalue weighted by Gasteiger charge is -2.02. The van der Waals surface area contributed by atoms with Crippen LogP contribution in [0.3, 0.4) is 0 Å². The van der Waals surface area contributed by atoms with E-state index in [0.717, 1.165) is 6.42 Å². The molecule has 1 aliphatic carbocycles. The van der Waals surface area contributed by atoms with Gasteiger partial charge < -0.3 is 4.74 Å². The molecular weight excluding hydrogens is 184 g/mol. The number of allylic oxidation sites excluding steroid dienone is 2. The van der Waals surface area contributed by atoms with Crippen molar-refractivity contribution >= 4 is 0 Å². The summed E-state index contributed by atoms with van der Waals surface area (Å²) in [4.78, 5) is 0. The SMILES string of the molecule is C1=CC(C2O[C@@H]2c2ccccc2)=CCC1. The Morgan fingerprint density at radius 2 is 1.87 bits per heavy atom. The molecule has 0 amide bonds. The van der Waals surface area contributed by atoms with Crippen LogP contribution in [0.1, 0.15) is 24.5 Å². The summed E-state index contributed by atoms with van der Waals surface area (Å²) in [6.45, 7) is 0. The fraction of sp³-hybridized carbons (Fsp3) is 0.286. The lowest BCUT2D eigenvalue weighted by atomic mass is 10.00. The van der Waals surface area contributed by atoms with E-state index in [-0.39, 0.29) is 0 Å². The Morgan fingerprint density at radius 3 is 2.60 bits per heavy atom. The fourth-order valence-electron chi connectivity index (χ4n) is 2.11. The van der Waals surface area contributed by atoms with Crippen molar-refractivity contribution in [3.05, 3.63) is 59.7 Å². The summed E-state index contributed by atoms with van der Waals surface area (Å²) in [7, 11) is 0. The molecule has 1 heteroatoms. The molecule has 0 spiro atoms. The van der Waals surface area contributed by atoms with Gasteiger partial charge in [-0.3, -0.25) is 0 Å². The quantitative estimate of drug-likeness (QED) is 0.663. The molecule has 15 heavy (non-hydrogen) atoms. The van der Waals surface area contributed by atoms with E-state index in [9.17, 15) is 0 Å². The summed E-state index contributed by atoms with van der Waals surface area (Å²) >= 11 is 0. The van der Waals surface area contributed by atoms with Crippen molar-refractivity contribution in [3.8, 4) is 0 Å². The van der Waals surface area contributed by atoms with E-state index in [0.29, 0.717) is 12.2 Å². The smallest absolute Gasteiger partial charge is 0.114 e. The Hall–Kier alpha value is -1.34. The second-order valence-corrected chi connectivity index (χ2v) is 4.07. The summed E-state index contributed by atoms with van der Waals surface area (Å²) in [5, 5.41) is 0. The van der Waals surface area contributed by atoms with Crippen LogP contribution in [0.15, 0.2) is 54.1 Å². The van der Waals surface area contributed by atoms with E-state index in [2.05, 4.69) is 42.5 Å². The maximum absolute atomic E-state index is 5.72. The van der Waals surface area contributed by atoms with Crippen molar-refractivity contribution in [1.82, 2.24) is 0 Å². The van der Waals surface area contributed by atoms with E-state index >= 15 is 0 Å². The minimum Gasteiger partial charge on any atom is -0.359 e. The van der Waals surface area contributed by atoms with Crippen molar-refractivity contribution in [2.45, 2.75) is 25.0 Å². The van der Waals surface area contributed by atoms with Gasteiger partial charge in [-0.05, 0) is 24.0 Å². The first-order chi connectivity index (χ1) is 7.45. The molecule has 1 nitrogen and oxygen atoms in total. The second-order valence-electron chi connectivity index (χ2n) is 4.07. The van der Waals surface area contributed by atoms with Crippen LogP contribution in [-0.4, -0.2) is 6.10 Å². The molecule has 0 bridgehead atoms. The molecular formula is C14H14O. The fourth-order valence-corrected chi connectivity index (χ4v) is 2.11. The molecule has 1 fully saturated rings. The first-order valence-corrected chi connectivity index (χ1v) is 5.52. The first-order valence-electron chi connectivity index (χ1n) is 5.52. The monoisotopic (exact) mass is 198 g/mol. The predicted octanol–water partition coefficient (Wildman–Crippen LogP) is 3.40. The van der Waals surface area contributed by atoms with E-state index in [1.54, 1.807) is 0 Å². The Labute approximate surface area is 90.1 Å². The lowest BCUT2D eigenvalue weighted by Crippen LogP contribution is -1.94. The van der Waals surface area contributed by atoms with Crippen LogP contribution in [0.25, 0.3) is 0 Å². The molecule has 3 rings (SSSR count). The Kier molecular flexibility index (Phi) is 2.18. The van der Waals surface area contributed by atoms with Gasteiger partial charge in [0.25, 0.3) is 0 Å². The van der Waals surface area contributed by atoms with Crippen LogP contribution in [-0.2, 0) is 4.74 Å². The summed E-state index contributed by atoms with van der Waals surface area (Å²) in [6.07, 6.45) is 9.67. The molecule has 76 valence electrons. The van der Waals surface area contributed by atoms with Crippen LogP contribution in [0.2, 0.25) is 0 Å². The molecule has 0 N–H and O–H groups in total. The van der Waals surface area contributed by atoms with E-state index in [4.69, 9.17) is 4.74 Å². The van der Waals surface area contributed by atoms with Crippen LogP contribution >= 0.6 is 0 Å². The molecule has 0 radical (unpaired) electrons. The van der Waals surface area contributed by atoms with Crippen LogP contribution < -0.4 is 0 Å². The highest BCUT2D eigenvalue weighted by Crippen LogP contribution is 2.44. The van der Waals surface area contributed by atoms with Gasteiger partial charge in [-0.15, -0.1) is 0 Å². The maximum Gasteiger partial charge on any atom is 0.114 e. The minimum absolute atomic E-state index is 0.292. The van der Waals surface area contributed by atoms with E-state index in [1.165, 1.54) is 17.6 Å². The molecule has 1 aromatic carbocycles. The minimum atomic E-state index is 0.292. The third-order valence-electron chi connectivity index (χ3n) is 2.97. The zero-order valence-electron chi connectivity index (χ0n) is 8.60. The average molecular weight is 198 g/mol. The third-order valence-corrected chi connectivity index (χ3v) is 2.97. The van der Waals surface area contributed by atoms with Gasteiger partial charge in [-0.1, -0.05) is 48.6 Å². The van der Waals surface area contributed by atoms with E-state index in [1.807, 2.05) is 6.07 Å². The van der Waals surface area contributed by atoms with Gasteiger partial charge in [0.05, 0.1) is 0 Å². The topological polar surface area (TPSA) is 12.5 Å². The zero-order chi connectivity index (χ0) is 10.1. The molecule has 0 saturated carbocycles. The molecule has 1 aromatic rings. The Balaban J connectivity index is 1.74. The van der Waals surface area contributed by atoms with Gasteiger partial charge in [-0.25, -0.2) is 0 Å². The van der Waals surface area contributed by atoms with Crippen LogP contribution in [0.5, 0.6) is 0 Å². The lowest BCUT2D eigenvalue weighted by molar-refractivity contribution is 0.390. The summed E-state index contributed by atoms with van der Waals surface area (Å²) in [5.74, 6) is 0. The summed E-state index contributed by atoms with van der Waals surface area (Å²) in [6, 6.07) is 10.5. The molecule has 1 heterocycles. The van der Waals surface area contributed by atoms with Crippen molar-refractivity contribution in [2.24, 2.45) is 0 Å². The highest BCUT2D eigenvalue weighted by molar-refractivity contribution is 5.35. The Morgan fingerprint density at radius 1 is 1.00 bits per heavy atom. The van der Waals surface area contributed by atoms with Crippen LogP contribution in [0.4, 0.5) is 0 Å². The zero-order valence-corrected chi connectivity index (χ0v) is 8.60. The number of ether oxygens (including phenoxy) is 1. The first kappa shape index (κ1) is 8.93. The second kappa shape index (κ2) is 3.67. The standard InChI is InChI=1S/C14H14O/c1-3-7-11(8-4-1)13-14(15-13)12-9-5-2-6-10-12/h1,3-5,7-10,13-14H,2,6H2/t13-,14?/m1/s1. The van der Waals surface area contributed by atoms with Crippen molar-refractivity contribution in [2.75, 3.05) is 0 Å². The van der Waals surface area contributed by atoms with Crippen molar-refractivity contribution in [1.29, 1.82) is 0 Å². The normalized spacial score (nSPS) is 28.7. The molecule has 2 aliphatic rings. The van der Waals surface area contributed by atoms with Crippen LogP contribution in [0, 0.1) is 0 Å². The number of hydrogen-bond donors (Lipinski definition) is 0. The van der Waals surface area contributed by atoms with Gasteiger partial charge >= 0.3 is 0 Å². The largest absolute Gasteiger partial charge is 0.359 e. The number of epoxide rings is 1. The van der Waals surface area contributed by atoms with Gasteiger partial charge in [0.1, 0.15) is 12.2 Å². The summed E-state index contributed by atoms with van der Waals surface area (Å²) < 4.78 is 5.72. The highest BCUT2D eigenvalue weighted by Gasteiger charge is 2.41. The van der Waals surface area contributed by atoms with Gasteiger partial charge in [0, 0.05) is 0 Å². The average Bonchev–Trinajstić information content (AvgIpc) is 3.11. The highest BCUT2D eigenvalue weighted by atomic mass is 16.6. The number of benzene rings is 1.